The van der Waals surface area contributed by atoms with Gasteiger partial charge in [0.1, 0.15) is 10.6 Å². The van der Waals surface area contributed by atoms with E-state index >= 15 is 4.39 Å². The predicted octanol–water partition coefficient (Wildman–Crippen LogP) is 3.40. The molecule has 0 radical (unpaired) electrons. The minimum atomic E-state index is -4.27. The minimum absolute atomic E-state index is 0.144. The van der Waals surface area contributed by atoms with Crippen molar-refractivity contribution in [2.45, 2.75) is 31.1 Å². The Balaban J connectivity index is 1.76. The number of nitrogens with one attached hydrogen (secondary N) is 1. The first-order chi connectivity index (χ1) is 17.6. The zero-order valence-corrected chi connectivity index (χ0v) is 20.8. The molecule has 2 aromatic carbocycles. The highest BCUT2D eigenvalue weighted by Crippen LogP contribution is 2.36. The summed E-state index contributed by atoms with van der Waals surface area (Å²) in [5.74, 6) is -2.51. The van der Waals surface area contributed by atoms with Crippen LogP contribution in [0.5, 0.6) is 5.75 Å². The lowest BCUT2D eigenvalue weighted by atomic mass is 10.1. The van der Waals surface area contributed by atoms with Gasteiger partial charge in [0.05, 0.1) is 24.0 Å². The Hall–Kier alpha value is -4.19. The minimum Gasteiger partial charge on any atom is -0.495 e. The summed E-state index contributed by atoms with van der Waals surface area (Å²) >= 11 is 0. The van der Waals surface area contributed by atoms with Crippen molar-refractivity contribution in [1.82, 2.24) is 14.5 Å². The maximum absolute atomic E-state index is 15.4. The molecule has 1 aliphatic rings. The molecule has 5 rings (SSSR count). The van der Waals surface area contributed by atoms with Crippen LogP contribution in [0.25, 0.3) is 16.9 Å². The summed E-state index contributed by atoms with van der Waals surface area (Å²) in [5.41, 5.74) is 0.306. The molecule has 0 aliphatic carbocycles. The fourth-order valence-corrected chi connectivity index (χ4v) is 6.35. The molecule has 0 bridgehead atoms. The van der Waals surface area contributed by atoms with Gasteiger partial charge < -0.3 is 14.8 Å². The van der Waals surface area contributed by atoms with Gasteiger partial charge in [0.2, 0.25) is 0 Å². The number of fused-ring (bicyclic) bond motifs is 2. The van der Waals surface area contributed by atoms with E-state index in [9.17, 15) is 23.1 Å². The topological polar surface area (TPSA) is 135 Å². The normalized spacial score (nSPS) is 13.9. The van der Waals surface area contributed by atoms with E-state index in [1.807, 2.05) is 12.1 Å². The van der Waals surface area contributed by atoms with Crippen molar-refractivity contribution < 1.29 is 27.4 Å². The molecule has 0 spiro atoms. The molecule has 10 nitrogen and oxygen atoms in total. The van der Waals surface area contributed by atoms with E-state index < -0.39 is 33.2 Å². The largest absolute Gasteiger partial charge is 0.495 e. The van der Waals surface area contributed by atoms with Crippen LogP contribution in [-0.2, 0) is 16.4 Å². The number of pyridine rings is 1. The molecule has 0 amide bonds. The molecule has 192 valence electrons. The highest BCUT2D eigenvalue weighted by molar-refractivity contribution is 7.93. The third kappa shape index (κ3) is 4.02. The Morgan fingerprint density at radius 1 is 1.16 bits per heavy atom. The third-order valence-corrected chi connectivity index (χ3v) is 8.26. The van der Waals surface area contributed by atoms with Crippen LogP contribution >= 0.6 is 0 Å². The number of imidazole rings is 1. The molecule has 2 aromatic heterocycles. The molecule has 0 saturated carbocycles. The highest BCUT2D eigenvalue weighted by Gasteiger charge is 2.32. The van der Waals surface area contributed by atoms with Gasteiger partial charge in [-0.15, -0.1) is 0 Å². The molecule has 4 aromatic rings. The number of ether oxygens (including phenoxy) is 1. The van der Waals surface area contributed by atoms with Crippen molar-refractivity contribution in [2.75, 3.05) is 18.0 Å². The zero-order valence-electron chi connectivity index (χ0n) is 20.0. The number of methoxy groups -OCH3 is 1. The van der Waals surface area contributed by atoms with Crippen LogP contribution in [0.3, 0.4) is 0 Å². The Labute approximate surface area is 211 Å². The zero-order chi connectivity index (χ0) is 26.5. The van der Waals surface area contributed by atoms with Gasteiger partial charge in [0.25, 0.3) is 10.0 Å². The molecule has 1 aliphatic heterocycles. The quantitative estimate of drug-likeness (QED) is 0.407. The summed E-state index contributed by atoms with van der Waals surface area (Å²) in [6.45, 7) is 1.79. The van der Waals surface area contributed by atoms with Gasteiger partial charge in [0.15, 0.2) is 17.2 Å². The van der Waals surface area contributed by atoms with Crippen molar-refractivity contribution in [1.29, 1.82) is 0 Å². The van der Waals surface area contributed by atoms with E-state index in [4.69, 9.17) is 4.74 Å². The Kier molecular flexibility index (Phi) is 5.98. The predicted molar refractivity (Wildman–Crippen MR) is 134 cm³/mol. The monoisotopic (exact) mass is 526 g/mol. The maximum Gasteiger partial charge on any atom is 0.354 e. The van der Waals surface area contributed by atoms with Crippen LogP contribution in [0.4, 0.5) is 10.1 Å². The molecule has 3 heterocycles. The van der Waals surface area contributed by atoms with Crippen LogP contribution in [0, 0.1) is 12.7 Å². The van der Waals surface area contributed by atoms with Crippen LogP contribution in [0.1, 0.15) is 34.5 Å². The first-order valence-electron chi connectivity index (χ1n) is 11.5. The van der Waals surface area contributed by atoms with Crippen molar-refractivity contribution in [2.24, 2.45) is 0 Å². The second-order valence-electron chi connectivity index (χ2n) is 8.71. The lowest BCUT2D eigenvalue weighted by Gasteiger charge is -2.25. The summed E-state index contributed by atoms with van der Waals surface area (Å²) in [7, 11) is -3.04. The van der Waals surface area contributed by atoms with Crippen molar-refractivity contribution >= 4 is 32.8 Å². The summed E-state index contributed by atoms with van der Waals surface area (Å²) in [5, 5.41) is 9.42. The molecule has 0 fully saturated rings. The Morgan fingerprint density at radius 2 is 1.92 bits per heavy atom. The molecule has 0 atom stereocenters. The second-order valence-corrected chi connectivity index (χ2v) is 10.5. The van der Waals surface area contributed by atoms with Crippen LogP contribution in [0.2, 0.25) is 0 Å². The molecule has 2 N–H and O–H groups in total. The van der Waals surface area contributed by atoms with Gasteiger partial charge in [-0.3, -0.25) is 4.31 Å². The number of H-pyrrole nitrogens is 1. The smallest absolute Gasteiger partial charge is 0.354 e. The van der Waals surface area contributed by atoms with E-state index in [2.05, 4.69) is 9.97 Å². The first kappa shape index (κ1) is 24.5. The number of aromatic carboxylic acids is 1. The van der Waals surface area contributed by atoms with Gasteiger partial charge in [-0.25, -0.2) is 31.9 Å². The third-order valence-electron chi connectivity index (χ3n) is 6.42. The SMILES string of the molecule is COc1cc(F)c(-n2c(=O)[nH]c3c(C)cc(C(=O)O)nc32)cc1S(=O)(=O)N1CCCCc2ccccc21. The number of carbonyl (C=O) groups is 1. The van der Waals surface area contributed by atoms with Crippen molar-refractivity contribution in [3.8, 4) is 11.4 Å². The van der Waals surface area contributed by atoms with E-state index in [0.717, 1.165) is 35.1 Å². The summed E-state index contributed by atoms with van der Waals surface area (Å²) < 4.78 is 50.7. The van der Waals surface area contributed by atoms with E-state index in [-0.39, 0.29) is 34.0 Å². The number of hydrogen-bond acceptors (Lipinski definition) is 6. The van der Waals surface area contributed by atoms with E-state index in [0.29, 0.717) is 17.7 Å². The molecule has 0 unspecified atom stereocenters. The number of benzene rings is 2. The van der Waals surface area contributed by atoms with Gasteiger partial charge >= 0.3 is 11.7 Å². The summed E-state index contributed by atoms with van der Waals surface area (Å²) in [4.78, 5) is 30.7. The van der Waals surface area contributed by atoms with Crippen molar-refractivity contribution in [3.63, 3.8) is 0 Å². The van der Waals surface area contributed by atoms with E-state index in [1.165, 1.54) is 17.5 Å². The lowest BCUT2D eigenvalue weighted by Crippen LogP contribution is -2.32. The Bertz CT molecular complexity index is 1730. The summed E-state index contributed by atoms with van der Waals surface area (Å²) in [6, 6.07) is 10.4. The van der Waals surface area contributed by atoms with Gasteiger partial charge in [-0.1, -0.05) is 18.2 Å². The number of nitrogens with zero attached hydrogens (tertiary/aromatic N) is 3. The second kappa shape index (κ2) is 9.04. The van der Waals surface area contributed by atoms with Gasteiger partial charge in [0, 0.05) is 12.6 Å². The number of carboxylic acid groups (broad SMARTS) is 1. The van der Waals surface area contributed by atoms with Crippen molar-refractivity contribution in [3.05, 3.63) is 75.6 Å². The summed E-state index contributed by atoms with van der Waals surface area (Å²) in [6.07, 6.45) is 2.14. The number of halogens is 1. The highest BCUT2D eigenvalue weighted by atomic mass is 32.2. The van der Waals surface area contributed by atoms with Gasteiger partial charge in [-0.2, -0.15) is 0 Å². The standard InChI is InChI=1S/C25H23FN4O6S/c1-14-11-17(24(31)32)27-23-22(14)28-25(33)30(23)19-13-21(20(36-2)12-16(19)26)37(34,35)29-10-6-5-8-15-7-3-4-9-18(15)29/h3-4,7,9,11-13H,5-6,8,10H2,1-2H3,(H,28,33)(H,31,32). The first-order valence-corrected chi connectivity index (χ1v) is 12.9. The van der Waals surface area contributed by atoms with Crippen LogP contribution < -0.4 is 14.7 Å². The number of aryl methyl sites for hydroxylation is 2. The van der Waals surface area contributed by atoms with Crippen LogP contribution in [-0.4, -0.2) is 47.7 Å². The Morgan fingerprint density at radius 3 is 2.65 bits per heavy atom. The maximum atomic E-state index is 15.4. The number of rotatable bonds is 5. The molecular weight excluding hydrogens is 503 g/mol. The molecular formula is C25H23FN4O6S. The average Bonchev–Trinajstić information content (AvgIpc) is 3.05. The van der Waals surface area contributed by atoms with Crippen LogP contribution in [0.15, 0.2) is 52.2 Å². The average molecular weight is 527 g/mol. The van der Waals surface area contributed by atoms with Gasteiger partial charge in [-0.05, 0) is 55.5 Å². The number of anilines is 1. The fraction of sp³-hybridized carbons (Fsp3) is 0.240. The van der Waals surface area contributed by atoms with E-state index in [1.54, 1.807) is 19.1 Å². The number of carboxylic acids is 1. The molecule has 37 heavy (non-hydrogen) atoms. The fourth-order valence-electron chi connectivity index (χ4n) is 4.65. The number of sulfonamides is 1. The lowest BCUT2D eigenvalue weighted by molar-refractivity contribution is 0.0690. The number of aromatic nitrogens is 3. The number of para-hydroxylation sites is 1. The number of aromatic amines is 1. The molecule has 12 heteroatoms. The molecule has 0 saturated heterocycles. The number of hydrogen-bond donors (Lipinski definition) is 2.